The van der Waals surface area contributed by atoms with Gasteiger partial charge in [-0.2, -0.15) is 0 Å². The lowest BCUT2D eigenvalue weighted by atomic mass is 10.1. The lowest BCUT2D eigenvalue weighted by Crippen LogP contribution is -2.40. The van der Waals surface area contributed by atoms with Crippen LogP contribution in [0.25, 0.3) is 0 Å². The Hall–Kier alpha value is -1.66. The summed E-state index contributed by atoms with van der Waals surface area (Å²) in [4.78, 5) is 17.3. The summed E-state index contributed by atoms with van der Waals surface area (Å²) in [5.41, 5.74) is 2.45. The minimum atomic E-state index is -0.927. The second-order valence-corrected chi connectivity index (χ2v) is 4.55. The maximum Gasteiger partial charge on any atom is 0.272 e. The highest BCUT2D eigenvalue weighted by atomic mass is 16.3. The van der Waals surface area contributed by atoms with Gasteiger partial charge in [-0.1, -0.05) is 0 Å². The Morgan fingerprint density at radius 1 is 1.59 bits per heavy atom. The summed E-state index contributed by atoms with van der Waals surface area (Å²) in [5.74, 6) is 4.96. The predicted octanol–water partition coefficient (Wildman–Crippen LogP) is 0.210. The van der Waals surface area contributed by atoms with Gasteiger partial charge in [-0.05, 0) is 26.0 Å². The molecule has 0 spiro atoms. The number of aromatic nitrogens is 1. The number of carbonyl (C=O) groups is 1. The molecule has 0 aliphatic rings. The monoisotopic (exact) mass is 238 g/mol. The molecule has 1 aromatic rings. The quantitative estimate of drug-likeness (QED) is 0.515. The smallest absolute Gasteiger partial charge is 0.272 e. The number of rotatable bonds is 4. The van der Waals surface area contributed by atoms with Crippen molar-refractivity contribution >= 4 is 11.6 Å². The first-order valence-electron chi connectivity index (χ1n) is 5.24. The second kappa shape index (κ2) is 5.11. The predicted molar refractivity (Wildman–Crippen MR) is 65.3 cm³/mol. The van der Waals surface area contributed by atoms with Crippen molar-refractivity contribution in [1.82, 2.24) is 9.88 Å². The zero-order valence-electron chi connectivity index (χ0n) is 10.3. The summed E-state index contributed by atoms with van der Waals surface area (Å²) in [6.45, 7) is 3.53. The lowest BCUT2D eigenvalue weighted by molar-refractivity contribution is 0.0365. The third-order valence-electron chi connectivity index (χ3n) is 2.12. The Morgan fingerprint density at radius 2 is 2.24 bits per heavy atom. The molecular weight excluding hydrogens is 220 g/mol. The van der Waals surface area contributed by atoms with E-state index in [1.165, 1.54) is 11.1 Å². The number of anilines is 1. The maximum atomic E-state index is 11.9. The van der Waals surface area contributed by atoms with E-state index in [2.05, 4.69) is 10.4 Å². The number of nitrogens with two attached hydrogens (primary N) is 1. The number of carbonyl (C=O) groups excluding carboxylic acids is 1. The molecule has 0 saturated carbocycles. The van der Waals surface area contributed by atoms with Gasteiger partial charge in [-0.3, -0.25) is 10.6 Å². The topological polar surface area (TPSA) is 91.5 Å². The molecule has 0 aliphatic heterocycles. The minimum absolute atomic E-state index is 0.240. The maximum absolute atomic E-state index is 11.9. The van der Waals surface area contributed by atoms with Gasteiger partial charge in [0.15, 0.2) is 0 Å². The highest BCUT2D eigenvalue weighted by Gasteiger charge is 2.20. The number of aliphatic hydroxyl groups is 1. The molecule has 1 aromatic heterocycles. The first-order chi connectivity index (χ1) is 7.83. The number of nitrogens with one attached hydrogen (secondary N) is 1. The van der Waals surface area contributed by atoms with Crippen LogP contribution in [0.15, 0.2) is 18.3 Å². The van der Waals surface area contributed by atoms with Crippen molar-refractivity contribution in [3.05, 3.63) is 24.0 Å². The van der Waals surface area contributed by atoms with E-state index in [0.717, 1.165) is 0 Å². The largest absolute Gasteiger partial charge is 0.389 e. The summed E-state index contributed by atoms with van der Waals surface area (Å²) >= 11 is 0. The standard InChI is InChI=1S/C11H18N4O2/c1-11(2,17)7-15(3)10(16)9-5-4-8(14-12)6-13-9/h4-6,14,17H,7,12H2,1-3H3. The summed E-state index contributed by atoms with van der Waals surface area (Å²) in [5, 5.41) is 9.63. The SMILES string of the molecule is CN(CC(C)(C)O)C(=O)c1ccc(NN)cn1. The first kappa shape index (κ1) is 13.4. The molecule has 6 heteroatoms. The normalized spacial score (nSPS) is 11.1. The number of nitrogens with zero attached hydrogens (tertiary/aromatic N) is 2. The van der Waals surface area contributed by atoms with Crippen LogP contribution >= 0.6 is 0 Å². The number of nitrogen functional groups attached to an aromatic ring is 1. The molecule has 0 unspecified atom stereocenters. The molecule has 0 bridgehead atoms. The van der Waals surface area contributed by atoms with Crippen molar-refractivity contribution < 1.29 is 9.90 Å². The van der Waals surface area contributed by atoms with Gasteiger partial charge in [0.05, 0.1) is 17.5 Å². The van der Waals surface area contributed by atoms with Gasteiger partial charge >= 0.3 is 0 Å². The summed E-state index contributed by atoms with van der Waals surface area (Å²) < 4.78 is 0. The molecule has 4 N–H and O–H groups in total. The minimum Gasteiger partial charge on any atom is -0.389 e. The molecule has 6 nitrogen and oxygen atoms in total. The average Bonchev–Trinajstić information content (AvgIpc) is 2.26. The van der Waals surface area contributed by atoms with Crippen LogP contribution in [-0.2, 0) is 0 Å². The van der Waals surface area contributed by atoms with Gasteiger partial charge in [-0.15, -0.1) is 0 Å². The third-order valence-corrected chi connectivity index (χ3v) is 2.12. The van der Waals surface area contributed by atoms with Crippen molar-refractivity contribution in [2.24, 2.45) is 5.84 Å². The number of pyridine rings is 1. The van der Waals surface area contributed by atoms with Gasteiger partial charge in [0, 0.05) is 13.6 Å². The van der Waals surface area contributed by atoms with Crippen molar-refractivity contribution in [3.8, 4) is 0 Å². The molecule has 0 radical (unpaired) electrons. The molecule has 1 amide bonds. The summed E-state index contributed by atoms with van der Waals surface area (Å²) in [6, 6.07) is 3.25. The van der Waals surface area contributed by atoms with E-state index >= 15 is 0 Å². The molecule has 0 fully saturated rings. The van der Waals surface area contributed by atoms with Crippen molar-refractivity contribution in [3.63, 3.8) is 0 Å². The zero-order chi connectivity index (χ0) is 13.1. The highest BCUT2D eigenvalue weighted by Crippen LogP contribution is 2.09. The highest BCUT2D eigenvalue weighted by molar-refractivity contribution is 5.92. The van der Waals surface area contributed by atoms with Crippen LogP contribution in [0, 0.1) is 0 Å². The van der Waals surface area contributed by atoms with E-state index in [9.17, 15) is 9.90 Å². The fourth-order valence-electron chi connectivity index (χ4n) is 1.45. The summed E-state index contributed by atoms with van der Waals surface area (Å²) in [7, 11) is 1.62. The second-order valence-electron chi connectivity index (χ2n) is 4.55. The number of hydrogen-bond acceptors (Lipinski definition) is 5. The molecule has 0 atom stereocenters. The molecule has 0 aliphatic carbocycles. The van der Waals surface area contributed by atoms with E-state index in [1.807, 2.05) is 0 Å². The zero-order valence-corrected chi connectivity index (χ0v) is 10.3. The van der Waals surface area contributed by atoms with Gasteiger partial charge in [0.25, 0.3) is 5.91 Å². The van der Waals surface area contributed by atoms with E-state index in [0.29, 0.717) is 11.4 Å². The van der Waals surface area contributed by atoms with Crippen molar-refractivity contribution in [2.45, 2.75) is 19.4 Å². The molecular formula is C11H18N4O2. The molecule has 1 heterocycles. The molecule has 94 valence electrons. The van der Waals surface area contributed by atoms with Gasteiger partial charge in [-0.25, -0.2) is 4.98 Å². The van der Waals surface area contributed by atoms with Crippen LogP contribution in [0.4, 0.5) is 5.69 Å². The number of hydrazine groups is 1. The van der Waals surface area contributed by atoms with Crippen LogP contribution in [0.2, 0.25) is 0 Å². The van der Waals surface area contributed by atoms with E-state index in [-0.39, 0.29) is 12.5 Å². The van der Waals surface area contributed by atoms with Gasteiger partial charge in [0.2, 0.25) is 0 Å². The average molecular weight is 238 g/mol. The third kappa shape index (κ3) is 4.01. The molecule has 17 heavy (non-hydrogen) atoms. The van der Waals surface area contributed by atoms with Crippen LogP contribution in [-0.4, -0.2) is 40.1 Å². The van der Waals surface area contributed by atoms with Gasteiger partial charge in [0.1, 0.15) is 5.69 Å². The molecule has 0 aromatic carbocycles. The number of likely N-dealkylation sites (N-methyl/N-ethyl adjacent to an activating group) is 1. The van der Waals surface area contributed by atoms with Crippen molar-refractivity contribution in [1.29, 1.82) is 0 Å². The number of amides is 1. The Morgan fingerprint density at radius 3 is 2.65 bits per heavy atom. The fraction of sp³-hybridized carbons (Fsp3) is 0.455. The lowest BCUT2D eigenvalue weighted by Gasteiger charge is -2.25. The van der Waals surface area contributed by atoms with Crippen LogP contribution in [0.3, 0.4) is 0 Å². The first-order valence-corrected chi connectivity index (χ1v) is 5.24. The Bertz CT molecular complexity index is 383. The Labute approximate surface area is 100 Å². The molecule has 1 rings (SSSR count). The van der Waals surface area contributed by atoms with Crippen LogP contribution in [0.1, 0.15) is 24.3 Å². The Kier molecular flexibility index (Phi) is 4.03. The van der Waals surface area contributed by atoms with E-state index in [4.69, 9.17) is 5.84 Å². The van der Waals surface area contributed by atoms with Gasteiger partial charge < -0.3 is 15.4 Å². The van der Waals surface area contributed by atoms with Crippen molar-refractivity contribution in [2.75, 3.05) is 19.0 Å². The van der Waals surface area contributed by atoms with E-state index in [1.54, 1.807) is 33.0 Å². The fourth-order valence-corrected chi connectivity index (χ4v) is 1.45. The van der Waals surface area contributed by atoms with E-state index < -0.39 is 5.60 Å². The Balaban J connectivity index is 2.75. The van der Waals surface area contributed by atoms with Crippen LogP contribution < -0.4 is 11.3 Å². The molecule has 0 saturated heterocycles. The summed E-state index contributed by atoms with van der Waals surface area (Å²) in [6.07, 6.45) is 1.48. The number of hydrogen-bond donors (Lipinski definition) is 3. The van der Waals surface area contributed by atoms with Crippen LogP contribution in [0.5, 0.6) is 0 Å².